The van der Waals surface area contributed by atoms with Crippen molar-refractivity contribution >= 4 is 11.8 Å². The van der Waals surface area contributed by atoms with E-state index in [2.05, 4.69) is 0 Å². The third kappa shape index (κ3) is 4.76. The van der Waals surface area contributed by atoms with Gasteiger partial charge in [0.15, 0.2) is 0 Å². The highest BCUT2D eigenvalue weighted by Gasteiger charge is 2.42. The van der Waals surface area contributed by atoms with Crippen LogP contribution in [0.1, 0.15) is 61.3 Å². The summed E-state index contributed by atoms with van der Waals surface area (Å²) in [7, 11) is 1.64. The summed E-state index contributed by atoms with van der Waals surface area (Å²) in [6, 6.07) is 15.3. The number of piperazine rings is 1. The molecule has 0 radical (unpaired) electrons. The average molecular weight is 421 g/mol. The molecule has 2 aromatic rings. The molecule has 1 saturated carbocycles. The monoisotopic (exact) mass is 420 g/mol. The van der Waals surface area contributed by atoms with E-state index in [0.29, 0.717) is 6.54 Å². The summed E-state index contributed by atoms with van der Waals surface area (Å²) in [5.41, 5.74) is 3.01. The van der Waals surface area contributed by atoms with E-state index < -0.39 is 6.04 Å². The molecule has 31 heavy (non-hydrogen) atoms. The van der Waals surface area contributed by atoms with Crippen molar-refractivity contribution in [2.75, 3.05) is 13.7 Å². The topological polar surface area (TPSA) is 49.9 Å². The van der Waals surface area contributed by atoms with Crippen LogP contribution < -0.4 is 4.74 Å². The van der Waals surface area contributed by atoms with Gasteiger partial charge in [0.1, 0.15) is 18.3 Å². The molecule has 2 aromatic carbocycles. The molecule has 1 saturated heterocycles. The average Bonchev–Trinajstić information content (AvgIpc) is 3.07. The van der Waals surface area contributed by atoms with Crippen LogP contribution in [0.5, 0.6) is 5.75 Å². The van der Waals surface area contributed by atoms with Crippen LogP contribution in [-0.4, -0.2) is 41.3 Å². The predicted octanol–water partition coefficient (Wildman–Crippen LogP) is 4.64. The Labute approximate surface area is 185 Å². The van der Waals surface area contributed by atoms with Crippen LogP contribution in [0.25, 0.3) is 0 Å². The number of nitrogens with zero attached hydrogens (tertiary/aromatic N) is 2. The molecule has 0 aromatic heterocycles. The van der Waals surface area contributed by atoms with E-state index in [1.54, 1.807) is 12.0 Å². The Kier molecular flexibility index (Phi) is 6.59. The zero-order valence-electron chi connectivity index (χ0n) is 18.5. The van der Waals surface area contributed by atoms with E-state index in [1.165, 1.54) is 12.8 Å². The fourth-order valence-corrected chi connectivity index (χ4v) is 4.81. The molecule has 1 aliphatic carbocycles. The lowest BCUT2D eigenvalue weighted by Gasteiger charge is -2.43. The number of benzene rings is 2. The number of rotatable bonds is 5. The normalized spacial score (nSPS) is 20.6. The number of ether oxygens (including phenoxy) is 1. The molecule has 5 heteroatoms. The smallest absolute Gasteiger partial charge is 0.250 e. The van der Waals surface area contributed by atoms with Crippen LogP contribution in [0.2, 0.25) is 0 Å². The minimum Gasteiger partial charge on any atom is -0.497 e. The number of amides is 2. The van der Waals surface area contributed by atoms with Crippen molar-refractivity contribution in [3.63, 3.8) is 0 Å². The highest BCUT2D eigenvalue weighted by atomic mass is 16.5. The first kappa shape index (κ1) is 21.4. The van der Waals surface area contributed by atoms with Gasteiger partial charge in [0.05, 0.1) is 7.11 Å². The first-order valence-corrected chi connectivity index (χ1v) is 11.4. The second-order valence-corrected chi connectivity index (χ2v) is 8.79. The van der Waals surface area contributed by atoms with E-state index >= 15 is 0 Å². The molecule has 4 rings (SSSR count). The molecule has 0 bridgehead atoms. The van der Waals surface area contributed by atoms with Crippen LogP contribution in [0.3, 0.4) is 0 Å². The molecule has 1 atom stereocenters. The maximum atomic E-state index is 13.8. The van der Waals surface area contributed by atoms with Gasteiger partial charge in [0.2, 0.25) is 5.91 Å². The van der Waals surface area contributed by atoms with E-state index in [9.17, 15) is 9.59 Å². The van der Waals surface area contributed by atoms with Gasteiger partial charge < -0.3 is 14.5 Å². The van der Waals surface area contributed by atoms with Crippen LogP contribution in [0.15, 0.2) is 48.5 Å². The van der Waals surface area contributed by atoms with E-state index in [-0.39, 0.29) is 24.4 Å². The molecule has 1 aliphatic heterocycles. The van der Waals surface area contributed by atoms with Crippen molar-refractivity contribution in [1.29, 1.82) is 0 Å². The Bertz CT molecular complexity index is 899. The van der Waals surface area contributed by atoms with Crippen molar-refractivity contribution in [2.24, 2.45) is 0 Å². The van der Waals surface area contributed by atoms with Gasteiger partial charge in [-0.3, -0.25) is 9.59 Å². The number of hydrogen-bond donors (Lipinski definition) is 0. The Morgan fingerprint density at radius 1 is 0.903 bits per heavy atom. The Balaban J connectivity index is 1.64. The minimum absolute atomic E-state index is 0.0187. The number of methoxy groups -OCH3 is 1. The fourth-order valence-electron chi connectivity index (χ4n) is 4.81. The SMILES string of the molecule is COc1ccc(CN2C(=O)CN(C3CCCCCC3)C(=O)C2c2ccc(C)cc2)cc1. The summed E-state index contributed by atoms with van der Waals surface area (Å²) in [6.45, 7) is 2.62. The lowest BCUT2D eigenvalue weighted by molar-refractivity contribution is -0.159. The van der Waals surface area contributed by atoms with Crippen LogP contribution in [0, 0.1) is 6.92 Å². The van der Waals surface area contributed by atoms with E-state index in [1.807, 2.05) is 60.4 Å². The second kappa shape index (κ2) is 9.54. The van der Waals surface area contributed by atoms with E-state index in [0.717, 1.165) is 48.1 Å². The number of carbonyl (C=O) groups is 2. The Morgan fingerprint density at radius 3 is 2.16 bits per heavy atom. The number of carbonyl (C=O) groups excluding carboxylic acids is 2. The zero-order valence-corrected chi connectivity index (χ0v) is 18.5. The van der Waals surface area contributed by atoms with Gasteiger partial charge in [-0.1, -0.05) is 67.6 Å². The molecule has 164 valence electrons. The molecular weight excluding hydrogens is 388 g/mol. The van der Waals surface area contributed by atoms with Gasteiger partial charge in [-0.05, 0) is 43.0 Å². The van der Waals surface area contributed by atoms with Crippen molar-refractivity contribution in [1.82, 2.24) is 9.80 Å². The summed E-state index contributed by atoms with van der Waals surface area (Å²) in [5, 5.41) is 0. The third-order valence-electron chi connectivity index (χ3n) is 6.63. The van der Waals surface area contributed by atoms with Gasteiger partial charge in [-0.25, -0.2) is 0 Å². The van der Waals surface area contributed by atoms with Gasteiger partial charge in [-0.2, -0.15) is 0 Å². The largest absolute Gasteiger partial charge is 0.497 e. The minimum atomic E-state index is -0.577. The maximum Gasteiger partial charge on any atom is 0.250 e. The summed E-state index contributed by atoms with van der Waals surface area (Å²) in [6.07, 6.45) is 6.70. The second-order valence-electron chi connectivity index (χ2n) is 8.79. The molecular formula is C26H32N2O3. The summed E-state index contributed by atoms with van der Waals surface area (Å²) >= 11 is 0. The Hall–Kier alpha value is -2.82. The van der Waals surface area contributed by atoms with Crippen molar-refractivity contribution in [2.45, 2.75) is 64.1 Å². The highest BCUT2D eigenvalue weighted by molar-refractivity contribution is 5.95. The third-order valence-corrected chi connectivity index (χ3v) is 6.63. The standard InChI is InChI=1S/C26H32N2O3/c1-19-9-13-21(14-10-19)25-26(30)27(22-7-5-3-4-6-8-22)18-24(29)28(25)17-20-11-15-23(31-2)16-12-20/h9-16,22,25H,3-8,17-18H2,1-2H3. The number of aryl methyl sites for hydroxylation is 1. The molecule has 5 nitrogen and oxygen atoms in total. The Morgan fingerprint density at radius 2 is 1.55 bits per heavy atom. The first-order valence-electron chi connectivity index (χ1n) is 11.4. The quantitative estimate of drug-likeness (QED) is 0.662. The molecule has 2 aliphatic rings. The van der Waals surface area contributed by atoms with Crippen LogP contribution >= 0.6 is 0 Å². The van der Waals surface area contributed by atoms with Gasteiger partial charge in [0.25, 0.3) is 5.91 Å². The highest BCUT2D eigenvalue weighted by Crippen LogP contribution is 2.33. The van der Waals surface area contributed by atoms with E-state index in [4.69, 9.17) is 4.74 Å². The lowest BCUT2D eigenvalue weighted by atomic mass is 9.96. The lowest BCUT2D eigenvalue weighted by Crippen LogP contribution is -2.57. The summed E-state index contributed by atoms with van der Waals surface area (Å²) in [5.74, 6) is 0.855. The van der Waals surface area contributed by atoms with Crippen LogP contribution in [0.4, 0.5) is 0 Å². The zero-order chi connectivity index (χ0) is 21.8. The van der Waals surface area contributed by atoms with Crippen molar-refractivity contribution in [3.05, 3.63) is 65.2 Å². The molecule has 2 amide bonds. The number of hydrogen-bond acceptors (Lipinski definition) is 3. The first-order chi connectivity index (χ1) is 15.1. The molecule has 2 fully saturated rings. The maximum absolute atomic E-state index is 13.8. The summed E-state index contributed by atoms with van der Waals surface area (Å²) in [4.78, 5) is 30.8. The van der Waals surface area contributed by atoms with Crippen LogP contribution in [-0.2, 0) is 16.1 Å². The predicted molar refractivity (Wildman–Crippen MR) is 121 cm³/mol. The van der Waals surface area contributed by atoms with Gasteiger partial charge in [0, 0.05) is 12.6 Å². The molecule has 0 spiro atoms. The summed E-state index contributed by atoms with van der Waals surface area (Å²) < 4.78 is 5.25. The van der Waals surface area contributed by atoms with Crippen molar-refractivity contribution in [3.8, 4) is 5.75 Å². The molecule has 1 heterocycles. The molecule has 1 unspecified atom stereocenters. The van der Waals surface area contributed by atoms with Gasteiger partial charge in [-0.15, -0.1) is 0 Å². The molecule has 0 N–H and O–H groups in total. The van der Waals surface area contributed by atoms with Gasteiger partial charge >= 0.3 is 0 Å². The fraction of sp³-hybridized carbons (Fsp3) is 0.462. The van der Waals surface area contributed by atoms with Crippen molar-refractivity contribution < 1.29 is 14.3 Å².